The lowest BCUT2D eigenvalue weighted by Crippen LogP contribution is -2.48. The molecule has 0 N–H and O–H groups in total. The Balaban J connectivity index is 1.39. The molecule has 33 heavy (non-hydrogen) atoms. The molecular formula is C30H29NO2. The van der Waals surface area contributed by atoms with Gasteiger partial charge >= 0.3 is 0 Å². The van der Waals surface area contributed by atoms with Gasteiger partial charge in [0.2, 0.25) is 0 Å². The number of methoxy groups -OCH3 is 1. The van der Waals surface area contributed by atoms with Crippen molar-refractivity contribution < 1.29 is 9.53 Å². The number of carbonyl (C=O) groups excluding carboxylic acids is 1. The third-order valence-corrected chi connectivity index (χ3v) is 8.54. The zero-order valence-electron chi connectivity index (χ0n) is 19.1. The number of Topliss-reactive ketones (excluding diaryl/α,β-unsaturated/α-hetero) is 1. The lowest BCUT2D eigenvalue weighted by atomic mass is 9.48. The molecule has 4 aliphatic rings. The van der Waals surface area contributed by atoms with Crippen LogP contribution in [0.15, 0.2) is 54.6 Å². The lowest BCUT2D eigenvalue weighted by molar-refractivity contribution is -0.00613. The van der Waals surface area contributed by atoms with Crippen LogP contribution in [0, 0.1) is 29.1 Å². The Kier molecular flexibility index (Phi) is 4.80. The second kappa shape index (κ2) is 7.73. The van der Waals surface area contributed by atoms with Crippen molar-refractivity contribution in [3.05, 3.63) is 65.7 Å². The van der Waals surface area contributed by atoms with Crippen LogP contribution in [-0.4, -0.2) is 12.9 Å². The minimum Gasteiger partial charge on any atom is -0.496 e. The number of hydrogen-bond donors (Lipinski definition) is 0. The number of benzene rings is 3. The van der Waals surface area contributed by atoms with Crippen molar-refractivity contribution in [1.29, 1.82) is 5.26 Å². The van der Waals surface area contributed by atoms with Crippen molar-refractivity contribution in [2.75, 3.05) is 7.11 Å². The van der Waals surface area contributed by atoms with Crippen LogP contribution in [0.2, 0.25) is 0 Å². The average molecular weight is 436 g/mol. The Labute approximate surface area is 195 Å². The number of carbonyl (C=O) groups is 1. The van der Waals surface area contributed by atoms with Crippen LogP contribution in [-0.2, 0) is 5.41 Å². The van der Waals surface area contributed by atoms with Crippen molar-refractivity contribution in [2.24, 2.45) is 17.8 Å². The maximum absolute atomic E-state index is 12.1. The van der Waals surface area contributed by atoms with E-state index in [1.165, 1.54) is 55.2 Å². The van der Waals surface area contributed by atoms with E-state index >= 15 is 0 Å². The van der Waals surface area contributed by atoms with E-state index in [1.54, 1.807) is 7.11 Å². The highest BCUT2D eigenvalue weighted by atomic mass is 16.5. The number of fused-ring (bicyclic) bond motifs is 1. The fourth-order valence-electron chi connectivity index (χ4n) is 7.52. The molecule has 0 spiro atoms. The summed E-state index contributed by atoms with van der Waals surface area (Å²) in [5.74, 6) is 3.59. The highest BCUT2D eigenvalue weighted by Crippen LogP contribution is 2.62. The van der Waals surface area contributed by atoms with E-state index in [0.717, 1.165) is 34.3 Å². The summed E-state index contributed by atoms with van der Waals surface area (Å²) in [6, 6.07) is 20.8. The standard InChI is InChI=1S/C30H29NO2/c1-33-29-7-6-25(15-27(29)30-16-19-10-20(17-30)12-21(11-19)18-30)23-2-3-24-14-26(28(32)8-9-31)5-4-22(24)13-23/h2-7,13-15,19-21H,8,10-12,16-18H2,1H3. The number of ether oxygens (including phenoxy) is 1. The Morgan fingerprint density at radius 2 is 1.52 bits per heavy atom. The van der Waals surface area contributed by atoms with E-state index in [0.29, 0.717) is 5.56 Å². The lowest BCUT2D eigenvalue weighted by Gasteiger charge is -2.57. The molecule has 0 aliphatic heterocycles. The second-order valence-electron chi connectivity index (χ2n) is 10.6. The molecule has 7 rings (SSSR count). The van der Waals surface area contributed by atoms with Crippen LogP contribution in [0.25, 0.3) is 21.9 Å². The van der Waals surface area contributed by atoms with Gasteiger partial charge in [0.1, 0.15) is 5.75 Å². The maximum atomic E-state index is 12.1. The van der Waals surface area contributed by atoms with Crippen LogP contribution < -0.4 is 4.74 Å². The molecule has 0 saturated heterocycles. The summed E-state index contributed by atoms with van der Waals surface area (Å²) in [5.41, 5.74) is 4.72. The number of nitriles is 1. The Bertz CT molecular complexity index is 1260. The Morgan fingerprint density at radius 3 is 2.18 bits per heavy atom. The molecule has 0 aromatic heterocycles. The van der Waals surface area contributed by atoms with E-state index in [2.05, 4.69) is 36.4 Å². The van der Waals surface area contributed by atoms with E-state index in [1.807, 2.05) is 24.3 Å². The first-order chi connectivity index (χ1) is 16.1. The summed E-state index contributed by atoms with van der Waals surface area (Å²) in [5, 5.41) is 10.9. The van der Waals surface area contributed by atoms with Gasteiger partial charge in [-0.15, -0.1) is 0 Å². The van der Waals surface area contributed by atoms with Crippen LogP contribution in [0.1, 0.15) is 60.9 Å². The van der Waals surface area contributed by atoms with Gasteiger partial charge in [-0.05, 0) is 108 Å². The molecule has 3 nitrogen and oxygen atoms in total. The van der Waals surface area contributed by atoms with Crippen LogP contribution in [0.4, 0.5) is 0 Å². The fraction of sp³-hybridized carbons (Fsp3) is 0.400. The molecule has 166 valence electrons. The zero-order chi connectivity index (χ0) is 22.6. The molecule has 0 radical (unpaired) electrons. The maximum Gasteiger partial charge on any atom is 0.176 e. The van der Waals surface area contributed by atoms with E-state index < -0.39 is 0 Å². The average Bonchev–Trinajstić information content (AvgIpc) is 2.82. The molecule has 3 aromatic carbocycles. The SMILES string of the molecule is COc1ccc(-c2ccc3cc(C(=O)CC#N)ccc3c2)cc1C12CC3CC(CC(C3)C1)C2. The topological polar surface area (TPSA) is 50.1 Å². The van der Waals surface area contributed by atoms with Crippen LogP contribution in [0.5, 0.6) is 5.75 Å². The van der Waals surface area contributed by atoms with Gasteiger partial charge in [-0.3, -0.25) is 4.79 Å². The smallest absolute Gasteiger partial charge is 0.176 e. The summed E-state index contributed by atoms with van der Waals surface area (Å²) in [6.07, 6.45) is 8.17. The molecular weight excluding hydrogens is 406 g/mol. The van der Waals surface area contributed by atoms with Gasteiger partial charge in [-0.2, -0.15) is 5.26 Å². The highest BCUT2D eigenvalue weighted by Gasteiger charge is 2.52. The molecule has 4 saturated carbocycles. The second-order valence-corrected chi connectivity index (χ2v) is 10.6. The van der Waals surface area contributed by atoms with Crippen LogP contribution in [0.3, 0.4) is 0 Å². The third kappa shape index (κ3) is 3.44. The van der Waals surface area contributed by atoms with Gasteiger partial charge in [0.15, 0.2) is 5.78 Å². The number of nitrogens with zero attached hydrogens (tertiary/aromatic N) is 1. The molecule has 4 fully saturated rings. The van der Waals surface area contributed by atoms with Gasteiger partial charge in [0.25, 0.3) is 0 Å². The monoisotopic (exact) mass is 435 g/mol. The minimum absolute atomic E-state index is 0.0808. The van der Waals surface area contributed by atoms with Crippen molar-refractivity contribution >= 4 is 16.6 Å². The summed E-state index contributed by atoms with van der Waals surface area (Å²) < 4.78 is 5.90. The van der Waals surface area contributed by atoms with Crippen LogP contribution >= 0.6 is 0 Å². The van der Waals surface area contributed by atoms with E-state index in [-0.39, 0.29) is 17.6 Å². The molecule has 0 amide bonds. The molecule has 3 aromatic rings. The quantitative estimate of drug-likeness (QED) is 0.402. The van der Waals surface area contributed by atoms with Gasteiger partial charge in [0.05, 0.1) is 19.6 Å². The summed E-state index contributed by atoms with van der Waals surface area (Å²) in [4.78, 5) is 12.1. The Morgan fingerprint density at radius 1 is 0.909 bits per heavy atom. The molecule has 0 heterocycles. The first-order valence-corrected chi connectivity index (χ1v) is 12.2. The number of rotatable bonds is 5. The van der Waals surface area contributed by atoms with E-state index in [9.17, 15) is 4.79 Å². The molecule has 0 atom stereocenters. The fourth-order valence-corrected chi connectivity index (χ4v) is 7.52. The predicted octanol–water partition coefficient (Wildman–Crippen LogP) is 7.08. The normalized spacial score (nSPS) is 27.5. The molecule has 4 bridgehead atoms. The first-order valence-electron chi connectivity index (χ1n) is 12.2. The van der Waals surface area contributed by atoms with Crippen molar-refractivity contribution in [3.8, 4) is 22.9 Å². The molecule has 0 unspecified atom stereocenters. The van der Waals surface area contributed by atoms with Crippen molar-refractivity contribution in [2.45, 2.75) is 50.4 Å². The molecule has 3 heteroatoms. The van der Waals surface area contributed by atoms with Crippen molar-refractivity contribution in [1.82, 2.24) is 0 Å². The van der Waals surface area contributed by atoms with Gasteiger partial charge in [0, 0.05) is 11.1 Å². The first kappa shape index (κ1) is 20.5. The zero-order valence-corrected chi connectivity index (χ0v) is 19.1. The van der Waals surface area contributed by atoms with E-state index in [4.69, 9.17) is 10.00 Å². The summed E-state index contributed by atoms with van der Waals surface area (Å²) in [7, 11) is 1.81. The van der Waals surface area contributed by atoms with Gasteiger partial charge < -0.3 is 4.74 Å². The third-order valence-electron chi connectivity index (χ3n) is 8.54. The minimum atomic E-state index is -0.126. The number of ketones is 1. The summed E-state index contributed by atoms with van der Waals surface area (Å²) in [6.45, 7) is 0. The largest absolute Gasteiger partial charge is 0.496 e. The summed E-state index contributed by atoms with van der Waals surface area (Å²) >= 11 is 0. The van der Waals surface area contributed by atoms with Gasteiger partial charge in [-0.25, -0.2) is 0 Å². The predicted molar refractivity (Wildman–Crippen MR) is 130 cm³/mol. The highest BCUT2D eigenvalue weighted by molar-refractivity contribution is 6.01. The van der Waals surface area contributed by atoms with Gasteiger partial charge in [-0.1, -0.05) is 30.3 Å². The molecule has 4 aliphatic carbocycles. The number of hydrogen-bond acceptors (Lipinski definition) is 3. The Hall–Kier alpha value is -3.12. The van der Waals surface area contributed by atoms with Crippen molar-refractivity contribution in [3.63, 3.8) is 0 Å².